The minimum atomic E-state index is -0.266. The van der Waals surface area contributed by atoms with Crippen LogP contribution in [-0.2, 0) is 16.9 Å². The van der Waals surface area contributed by atoms with Crippen LogP contribution in [0.15, 0.2) is 12.4 Å². The Morgan fingerprint density at radius 2 is 2.20 bits per heavy atom. The van der Waals surface area contributed by atoms with Crippen LogP contribution in [-0.4, -0.2) is 23.6 Å². The summed E-state index contributed by atoms with van der Waals surface area (Å²) in [4.78, 5) is 8.75. The smallest absolute Gasteiger partial charge is 0.159 e. The molecule has 0 aliphatic carbocycles. The van der Waals surface area contributed by atoms with Gasteiger partial charge in [0.05, 0.1) is 0 Å². The van der Waals surface area contributed by atoms with E-state index in [4.69, 9.17) is 4.74 Å². The maximum atomic E-state index is 5.69. The van der Waals surface area contributed by atoms with Crippen molar-refractivity contribution >= 4 is 0 Å². The summed E-state index contributed by atoms with van der Waals surface area (Å²) in [6.45, 7) is 3.68. The third-order valence-electron chi connectivity index (χ3n) is 2.78. The van der Waals surface area contributed by atoms with E-state index in [-0.39, 0.29) is 5.60 Å². The van der Waals surface area contributed by atoms with Gasteiger partial charge in [0, 0.05) is 31.1 Å². The highest BCUT2D eigenvalue weighted by Gasteiger charge is 2.34. The molecule has 1 aromatic heterocycles. The molecule has 15 heavy (non-hydrogen) atoms. The molecule has 2 heterocycles. The minimum absolute atomic E-state index is 0.266. The Bertz CT molecular complexity index is 317. The Hall–Kier alpha value is -1.00. The fraction of sp³-hybridized carbons (Fsp3) is 0.636. The Labute approximate surface area is 90.1 Å². The van der Waals surface area contributed by atoms with Crippen LogP contribution in [0.5, 0.6) is 0 Å². The average molecular weight is 207 g/mol. The van der Waals surface area contributed by atoms with E-state index in [1.54, 1.807) is 0 Å². The van der Waals surface area contributed by atoms with Gasteiger partial charge in [0.2, 0.25) is 0 Å². The summed E-state index contributed by atoms with van der Waals surface area (Å²) in [5.74, 6) is 0.805. The van der Waals surface area contributed by atoms with Crippen molar-refractivity contribution in [3.8, 4) is 0 Å². The highest BCUT2D eigenvalue weighted by molar-refractivity contribution is 5.09. The summed E-state index contributed by atoms with van der Waals surface area (Å²) in [6.07, 6.45) is 5.84. The third kappa shape index (κ3) is 2.16. The summed E-state index contributed by atoms with van der Waals surface area (Å²) in [5.41, 5.74) is 0.834. The van der Waals surface area contributed by atoms with Crippen LogP contribution >= 0.6 is 0 Å². The summed E-state index contributed by atoms with van der Waals surface area (Å²) in [5, 5.41) is 3.07. The van der Waals surface area contributed by atoms with Crippen LogP contribution in [0.3, 0.4) is 0 Å². The zero-order valence-electron chi connectivity index (χ0n) is 9.29. The minimum Gasteiger partial charge on any atom is -0.367 e. The highest BCUT2D eigenvalue weighted by atomic mass is 16.5. The van der Waals surface area contributed by atoms with E-state index in [0.29, 0.717) is 0 Å². The fourth-order valence-corrected chi connectivity index (χ4v) is 1.88. The first kappa shape index (κ1) is 10.5. The largest absolute Gasteiger partial charge is 0.367 e. The SMILES string of the molecule is CNCc1cnc(C2(C)CCCO2)nc1. The second kappa shape index (κ2) is 4.24. The molecule has 1 N–H and O–H groups in total. The molecule has 0 bridgehead atoms. The molecule has 82 valence electrons. The molecule has 0 saturated carbocycles. The molecule has 2 rings (SSSR count). The molecular weight excluding hydrogens is 190 g/mol. The van der Waals surface area contributed by atoms with Gasteiger partial charge in [-0.05, 0) is 26.8 Å². The molecule has 1 aliphatic heterocycles. The summed E-state index contributed by atoms with van der Waals surface area (Å²) >= 11 is 0. The van der Waals surface area contributed by atoms with Gasteiger partial charge >= 0.3 is 0 Å². The average Bonchev–Trinajstić information content (AvgIpc) is 2.68. The molecule has 1 fully saturated rings. The first-order chi connectivity index (χ1) is 7.24. The predicted octanol–water partition coefficient (Wildman–Crippen LogP) is 1.22. The molecule has 1 saturated heterocycles. The van der Waals surface area contributed by atoms with Gasteiger partial charge in [-0.15, -0.1) is 0 Å². The van der Waals surface area contributed by atoms with Gasteiger partial charge in [-0.3, -0.25) is 0 Å². The van der Waals surface area contributed by atoms with Crippen molar-refractivity contribution in [2.24, 2.45) is 0 Å². The van der Waals surface area contributed by atoms with Crippen LogP contribution in [0.4, 0.5) is 0 Å². The van der Waals surface area contributed by atoms with Crippen LogP contribution in [0, 0.1) is 0 Å². The molecule has 0 amide bonds. The van der Waals surface area contributed by atoms with Crippen LogP contribution in [0.2, 0.25) is 0 Å². The van der Waals surface area contributed by atoms with E-state index in [1.165, 1.54) is 0 Å². The predicted molar refractivity (Wildman–Crippen MR) is 57.3 cm³/mol. The van der Waals surface area contributed by atoms with Crippen molar-refractivity contribution in [1.82, 2.24) is 15.3 Å². The quantitative estimate of drug-likeness (QED) is 0.809. The van der Waals surface area contributed by atoms with E-state index in [2.05, 4.69) is 22.2 Å². The van der Waals surface area contributed by atoms with Gasteiger partial charge in [-0.25, -0.2) is 9.97 Å². The molecule has 4 heteroatoms. The first-order valence-electron chi connectivity index (χ1n) is 5.34. The molecule has 1 unspecified atom stereocenters. The van der Waals surface area contributed by atoms with Gasteiger partial charge in [-0.2, -0.15) is 0 Å². The number of hydrogen-bond acceptors (Lipinski definition) is 4. The van der Waals surface area contributed by atoms with Gasteiger partial charge in [-0.1, -0.05) is 0 Å². The van der Waals surface area contributed by atoms with E-state index < -0.39 is 0 Å². The van der Waals surface area contributed by atoms with Gasteiger partial charge in [0.25, 0.3) is 0 Å². The first-order valence-corrected chi connectivity index (χ1v) is 5.34. The van der Waals surface area contributed by atoms with Gasteiger partial charge in [0.1, 0.15) is 5.60 Å². The van der Waals surface area contributed by atoms with E-state index in [0.717, 1.165) is 37.4 Å². The van der Waals surface area contributed by atoms with Crippen LogP contribution < -0.4 is 5.32 Å². The fourth-order valence-electron chi connectivity index (χ4n) is 1.88. The summed E-state index contributed by atoms with van der Waals surface area (Å²) < 4.78 is 5.69. The van der Waals surface area contributed by atoms with Crippen molar-refractivity contribution in [1.29, 1.82) is 0 Å². The number of rotatable bonds is 3. The lowest BCUT2D eigenvalue weighted by Gasteiger charge is -2.20. The van der Waals surface area contributed by atoms with Crippen molar-refractivity contribution in [2.45, 2.75) is 31.9 Å². The molecule has 1 atom stereocenters. The Balaban J connectivity index is 2.15. The zero-order valence-corrected chi connectivity index (χ0v) is 9.29. The lowest BCUT2D eigenvalue weighted by Crippen LogP contribution is -2.23. The van der Waals surface area contributed by atoms with Crippen LogP contribution in [0.25, 0.3) is 0 Å². The number of nitrogens with one attached hydrogen (secondary N) is 1. The topological polar surface area (TPSA) is 47.0 Å². The van der Waals surface area contributed by atoms with E-state index in [9.17, 15) is 0 Å². The van der Waals surface area contributed by atoms with Crippen molar-refractivity contribution in [2.75, 3.05) is 13.7 Å². The maximum absolute atomic E-state index is 5.69. The van der Waals surface area contributed by atoms with Gasteiger partial charge in [0.15, 0.2) is 5.82 Å². The molecule has 0 aromatic carbocycles. The molecule has 1 aliphatic rings. The number of hydrogen-bond donors (Lipinski definition) is 1. The molecule has 0 spiro atoms. The number of ether oxygens (including phenoxy) is 1. The normalized spacial score (nSPS) is 25.7. The Morgan fingerprint density at radius 3 is 2.73 bits per heavy atom. The van der Waals surface area contributed by atoms with Crippen molar-refractivity contribution in [3.05, 3.63) is 23.8 Å². The Kier molecular flexibility index (Phi) is 2.98. The zero-order chi connectivity index (χ0) is 10.7. The van der Waals surface area contributed by atoms with Gasteiger partial charge < -0.3 is 10.1 Å². The molecular formula is C11H17N3O. The van der Waals surface area contributed by atoms with E-state index in [1.807, 2.05) is 19.4 Å². The van der Waals surface area contributed by atoms with Crippen molar-refractivity contribution < 1.29 is 4.74 Å². The lowest BCUT2D eigenvalue weighted by atomic mass is 10.0. The molecule has 0 radical (unpaired) electrons. The third-order valence-corrected chi connectivity index (χ3v) is 2.78. The Morgan fingerprint density at radius 1 is 1.47 bits per heavy atom. The summed E-state index contributed by atoms with van der Waals surface area (Å²) in [7, 11) is 1.91. The van der Waals surface area contributed by atoms with Crippen LogP contribution in [0.1, 0.15) is 31.2 Å². The van der Waals surface area contributed by atoms with Crippen molar-refractivity contribution in [3.63, 3.8) is 0 Å². The molecule has 1 aromatic rings. The summed E-state index contributed by atoms with van der Waals surface area (Å²) in [6, 6.07) is 0. The van der Waals surface area contributed by atoms with E-state index >= 15 is 0 Å². The number of nitrogens with zero attached hydrogens (tertiary/aromatic N) is 2. The highest BCUT2D eigenvalue weighted by Crippen LogP contribution is 2.32. The second-order valence-electron chi connectivity index (χ2n) is 4.13. The molecule has 4 nitrogen and oxygen atoms in total. The number of aromatic nitrogens is 2. The second-order valence-corrected chi connectivity index (χ2v) is 4.13. The standard InChI is InChI=1S/C11H17N3O/c1-11(4-3-5-15-11)10-13-7-9(6-12-2)8-14-10/h7-8,12H,3-6H2,1-2H3. The lowest BCUT2D eigenvalue weighted by molar-refractivity contribution is 0.00927. The maximum Gasteiger partial charge on any atom is 0.159 e. The monoisotopic (exact) mass is 207 g/mol.